The summed E-state index contributed by atoms with van der Waals surface area (Å²) in [6.07, 6.45) is -0.357. The zero-order valence-corrected chi connectivity index (χ0v) is 13.8. The van der Waals surface area contributed by atoms with Crippen molar-refractivity contribution in [3.05, 3.63) is 17.5 Å². The lowest BCUT2D eigenvalue weighted by molar-refractivity contribution is -0.910. The second-order valence-corrected chi connectivity index (χ2v) is 6.68. The van der Waals surface area contributed by atoms with Crippen molar-refractivity contribution < 1.29 is 14.7 Å². The van der Waals surface area contributed by atoms with E-state index in [-0.39, 0.29) is 6.10 Å². The van der Waals surface area contributed by atoms with Crippen LogP contribution in [0.1, 0.15) is 11.4 Å². The molecule has 0 bridgehead atoms. The van der Waals surface area contributed by atoms with Gasteiger partial charge in [0.2, 0.25) is 0 Å². The molecule has 0 amide bonds. The van der Waals surface area contributed by atoms with Gasteiger partial charge in [-0.15, -0.1) is 10.2 Å². The molecule has 2 aromatic rings. The Kier molecular flexibility index (Phi) is 4.92. The molecule has 1 aliphatic rings. The molecule has 0 aromatic carbocycles. The zero-order valence-electron chi connectivity index (χ0n) is 12.9. The van der Waals surface area contributed by atoms with Crippen LogP contribution < -0.4 is 4.90 Å². The van der Waals surface area contributed by atoms with Crippen LogP contribution in [-0.4, -0.2) is 69.4 Å². The van der Waals surface area contributed by atoms with Gasteiger partial charge in [0.15, 0.2) is 5.16 Å². The van der Waals surface area contributed by atoms with E-state index in [1.165, 1.54) is 16.7 Å². The van der Waals surface area contributed by atoms with E-state index < -0.39 is 0 Å². The van der Waals surface area contributed by atoms with E-state index in [2.05, 4.69) is 15.2 Å². The van der Waals surface area contributed by atoms with E-state index in [0.717, 1.165) is 49.4 Å². The van der Waals surface area contributed by atoms with Gasteiger partial charge in [-0.2, -0.15) is 0 Å². The Morgan fingerprint density at radius 3 is 2.91 bits per heavy atom. The number of ether oxygens (including phenoxy) is 1. The fourth-order valence-corrected chi connectivity index (χ4v) is 3.63. The van der Waals surface area contributed by atoms with Crippen molar-refractivity contribution in [3.63, 3.8) is 0 Å². The van der Waals surface area contributed by atoms with Gasteiger partial charge in [0, 0.05) is 17.1 Å². The van der Waals surface area contributed by atoms with Gasteiger partial charge in [0.05, 0.1) is 13.2 Å². The number of fused-ring (bicyclic) bond motifs is 1. The minimum Gasteiger partial charge on any atom is -0.386 e. The number of aliphatic hydroxyl groups excluding tert-OH is 1. The molecule has 0 radical (unpaired) electrons. The van der Waals surface area contributed by atoms with Gasteiger partial charge in [0.25, 0.3) is 5.78 Å². The summed E-state index contributed by atoms with van der Waals surface area (Å²) in [6.45, 7) is 8.23. The first-order valence-electron chi connectivity index (χ1n) is 7.55. The summed E-state index contributed by atoms with van der Waals surface area (Å²) in [4.78, 5) is 5.78. The number of rotatable bonds is 5. The number of aromatic nitrogens is 4. The standard InChI is InChI=1S/C14H21N5O2S/c1-10-7-11(2)19-13(15-10)16-17-14(19)22-9-12(20)8-18-3-5-21-6-4-18/h7,12,20H,3-6,8-9H2,1-2H3/p+1/t12-/m0/s1. The number of morpholine rings is 1. The van der Waals surface area contributed by atoms with Gasteiger partial charge in [-0.05, 0) is 19.9 Å². The molecule has 3 rings (SSSR count). The average molecular weight is 324 g/mol. The number of nitrogens with one attached hydrogen (secondary N) is 1. The molecule has 1 aliphatic heterocycles. The summed E-state index contributed by atoms with van der Waals surface area (Å²) < 4.78 is 7.27. The fourth-order valence-electron chi connectivity index (χ4n) is 2.72. The van der Waals surface area contributed by atoms with Crippen LogP contribution in [0, 0.1) is 13.8 Å². The molecule has 120 valence electrons. The maximum absolute atomic E-state index is 10.2. The lowest BCUT2D eigenvalue weighted by Gasteiger charge is -2.25. The zero-order chi connectivity index (χ0) is 15.5. The molecular weight excluding hydrogens is 302 g/mol. The van der Waals surface area contributed by atoms with Crippen LogP contribution in [0.3, 0.4) is 0 Å². The highest BCUT2D eigenvalue weighted by atomic mass is 32.2. The molecule has 22 heavy (non-hydrogen) atoms. The largest absolute Gasteiger partial charge is 0.386 e. The SMILES string of the molecule is Cc1cc(C)n2c(SC[C@@H](O)C[NH+]3CCOCC3)nnc2n1. The number of hydrogen-bond acceptors (Lipinski definition) is 6. The van der Waals surface area contributed by atoms with Crippen LogP contribution in [0.5, 0.6) is 0 Å². The van der Waals surface area contributed by atoms with Crippen molar-refractivity contribution in [2.75, 3.05) is 38.6 Å². The summed E-state index contributed by atoms with van der Waals surface area (Å²) in [6, 6.07) is 2.01. The topological polar surface area (TPSA) is 77.0 Å². The van der Waals surface area contributed by atoms with Gasteiger partial charge in [0.1, 0.15) is 25.7 Å². The maximum Gasteiger partial charge on any atom is 0.256 e. The van der Waals surface area contributed by atoms with Crippen LogP contribution in [0.25, 0.3) is 5.78 Å². The molecule has 8 heteroatoms. The molecule has 0 spiro atoms. The van der Waals surface area contributed by atoms with Crippen molar-refractivity contribution >= 4 is 17.5 Å². The Balaban J connectivity index is 1.61. The quantitative estimate of drug-likeness (QED) is 0.695. The fraction of sp³-hybridized carbons (Fsp3) is 0.643. The Hall–Kier alpha value is -1.22. The lowest BCUT2D eigenvalue weighted by atomic mass is 10.3. The summed E-state index contributed by atoms with van der Waals surface area (Å²) in [7, 11) is 0. The van der Waals surface area contributed by atoms with Crippen molar-refractivity contribution in [2.45, 2.75) is 25.1 Å². The number of nitrogens with zero attached hydrogens (tertiary/aromatic N) is 4. The average Bonchev–Trinajstić information content (AvgIpc) is 2.89. The second-order valence-electron chi connectivity index (χ2n) is 5.69. The van der Waals surface area contributed by atoms with Crippen molar-refractivity contribution in [3.8, 4) is 0 Å². The predicted molar refractivity (Wildman–Crippen MR) is 83.4 cm³/mol. The Morgan fingerprint density at radius 1 is 1.36 bits per heavy atom. The minimum atomic E-state index is -0.357. The molecule has 3 heterocycles. The normalized spacial score (nSPS) is 18.0. The number of aryl methyl sites for hydroxylation is 2. The van der Waals surface area contributed by atoms with Crippen LogP contribution in [0.4, 0.5) is 0 Å². The van der Waals surface area contributed by atoms with E-state index >= 15 is 0 Å². The van der Waals surface area contributed by atoms with Crippen LogP contribution in [-0.2, 0) is 4.74 Å². The third-order valence-corrected chi connectivity index (χ3v) is 4.87. The lowest BCUT2D eigenvalue weighted by Crippen LogP contribution is -3.15. The first-order chi connectivity index (χ1) is 10.6. The monoisotopic (exact) mass is 324 g/mol. The molecule has 0 saturated carbocycles. The first kappa shape index (κ1) is 15.7. The maximum atomic E-state index is 10.2. The van der Waals surface area contributed by atoms with Gasteiger partial charge < -0.3 is 14.7 Å². The van der Waals surface area contributed by atoms with E-state index in [1.807, 2.05) is 24.3 Å². The number of quaternary nitrogens is 1. The molecule has 1 saturated heterocycles. The van der Waals surface area contributed by atoms with Gasteiger partial charge in [-0.1, -0.05) is 11.8 Å². The molecule has 1 atom stereocenters. The van der Waals surface area contributed by atoms with E-state index in [9.17, 15) is 5.11 Å². The highest BCUT2D eigenvalue weighted by molar-refractivity contribution is 7.99. The molecule has 2 aromatic heterocycles. The molecule has 7 nitrogen and oxygen atoms in total. The smallest absolute Gasteiger partial charge is 0.256 e. The highest BCUT2D eigenvalue weighted by Crippen LogP contribution is 2.19. The van der Waals surface area contributed by atoms with Gasteiger partial charge in [-0.3, -0.25) is 4.40 Å². The Labute approximate surface area is 133 Å². The van der Waals surface area contributed by atoms with Crippen LogP contribution in [0.2, 0.25) is 0 Å². The molecule has 0 unspecified atom stereocenters. The summed E-state index contributed by atoms with van der Waals surface area (Å²) in [5.74, 6) is 1.23. The van der Waals surface area contributed by atoms with E-state index in [1.54, 1.807) is 0 Å². The Morgan fingerprint density at radius 2 is 2.14 bits per heavy atom. The van der Waals surface area contributed by atoms with Crippen molar-refractivity contribution in [1.29, 1.82) is 0 Å². The molecule has 0 aliphatic carbocycles. The van der Waals surface area contributed by atoms with Gasteiger partial charge >= 0.3 is 0 Å². The number of thioether (sulfide) groups is 1. The number of aliphatic hydroxyl groups is 1. The van der Waals surface area contributed by atoms with E-state index in [0.29, 0.717) is 11.5 Å². The predicted octanol–water partition coefficient (Wildman–Crippen LogP) is -0.891. The molecular formula is C14H22N5O2S+. The van der Waals surface area contributed by atoms with Crippen LogP contribution in [0.15, 0.2) is 11.2 Å². The third-order valence-electron chi connectivity index (χ3n) is 3.79. The summed E-state index contributed by atoms with van der Waals surface area (Å²) >= 11 is 1.53. The second kappa shape index (κ2) is 6.91. The summed E-state index contributed by atoms with van der Waals surface area (Å²) in [5, 5.41) is 19.3. The van der Waals surface area contributed by atoms with Gasteiger partial charge in [-0.25, -0.2) is 4.98 Å². The minimum absolute atomic E-state index is 0.357. The first-order valence-corrected chi connectivity index (χ1v) is 8.53. The van der Waals surface area contributed by atoms with Crippen molar-refractivity contribution in [1.82, 2.24) is 19.6 Å². The Bertz CT molecular complexity index is 641. The van der Waals surface area contributed by atoms with Crippen LogP contribution >= 0.6 is 11.8 Å². The van der Waals surface area contributed by atoms with Crippen molar-refractivity contribution in [2.24, 2.45) is 0 Å². The molecule has 2 N–H and O–H groups in total. The van der Waals surface area contributed by atoms with E-state index in [4.69, 9.17) is 4.74 Å². The highest BCUT2D eigenvalue weighted by Gasteiger charge is 2.19. The third kappa shape index (κ3) is 3.57. The number of hydrogen-bond donors (Lipinski definition) is 2. The molecule has 1 fully saturated rings. The summed E-state index contributed by atoms with van der Waals surface area (Å²) in [5.41, 5.74) is 1.99.